The number of azo groups is 2. The van der Waals surface area contributed by atoms with Crippen molar-refractivity contribution >= 4 is 35.2 Å². The van der Waals surface area contributed by atoms with Crippen LogP contribution >= 0.6 is 0 Å². The summed E-state index contributed by atoms with van der Waals surface area (Å²) >= 11 is 0. The van der Waals surface area contributed by atoms with E-state index in [9.17, 15) is 10.2 Å². The normalized spacial score (nSPS) is 11.9. The first-order valence-corrected chi connectivity index (χ1v) is 12.5. The average molecular weight is 520 g/mol. The zero-order valence-electron chi connectivity index (χ0n) is 21.3. The van der Waals surface area contributed by atoms with E-state index in [2.05, 4.69) is 35.8 Å². The maximum atomic E-state index is 10.1. The number of nitrogens with zero attached hydrogens (tertiary/aromatic N) is 6. The number of hydrogen-bond donors (Lipinski definition) is 3. The van der Waals surface area contributed by atoms with Crippen molar-refractivity contribution in [1.82, 2.24) is 5.32 Å². The summed E-state index contributed by atoms with van der Waals surface area (Å²) in [6, 6.07) is 28.9. The topological polar surface area (TPSA) is 127 Å². The molecule has 4 aromatic carbocycles. The van der Waals surface area contributed by atoms with Crippen LogP contribution in [-0.4, -0.2) is 48.8 Å². The molecule has 4 rings (SSSR count). The highest BCUT2D eigenvalue weighted by atomic mass is 16.3. The molecule has 0 saturated heterocycles. The Morgan fingerprint density at radius 2 is 0.923 bits per heavy atom. The van der Waals surface area contributed by atoms with Crippen LogP contribution in [0, 0.1) is 0 Å². The Hall–Kier alpha value is -5.02. The van der Waals surface area contributed by atoms with Crippen LogP contribution in [0.5, 0.6) is 11.5 Å². The Morgan fingerprint density at radius 3 is 1.36 bits per heavy atom. The summed E-state index contributed by atoms with van der Waals surface area (Å²) in [6.45, 7) is 2.38. The molecule has 4 aromatic rings. The average Bonchev–Trinajstić information content (AvgIpc) is 2.97. The lowest BCUT2D eigenvalue weighted by Gasteiger charge is -2.02. The van der Waals surface area contributed by atoms with Gasteiger partial charge in [0.15, 0.2) is 0 Å². The van der Waals surface area contributed by atoms with E-state index in [1.165, 1.54) is 0 Å². The first kappa shape index (κ1) is 27.0. The lowest BCUT2D eigenvalue weighted by Crippen LogP contribution is -2.20. The minimum Gasteiger partial charge on any atom is -0.507 e. The number of phenolic OH excluding ortho intramolecular Hbond substituents is 2. The molecule has 39 heavy (non-hydrogen) atoms. The number of aliphatic imine (C=N–C) groups is 2. The molecule has 0 amide bonds. The highest BCUT2D eigenvalue weighted by Gasteiger charge is 2.01. The van der Waals surface area contributed by atoms with Gasteiger partial charge in [-0.2, -0.15) is 20.5 Å². The van der Waals surface area contributed by atoms with Gasteiger partial charge in [0.25, 0.3) is 0 Å². The zero-order chi connectivity index (χ0) is 27.1. The van der Waals surface area contributed by atoms with E-state index in [0.717, 1.165) is 11.4 Å². The molecule has 0 fully saturated rings. The van der Waals surface area contributed by atoms with Gasteiger partial charge in [0.05, 0.1) is 35.8 Å². The highest BCUT2D eigenvalue weighted by molar-refractivity contribution is 5.85. The lowest BCUT2D eigenvalue weighted by molar-refractivity contribution is 0.474. The lowest BCUT2D eigenvalue weighted by atomic mass is 10.2. The third kappa shape index (κ3) is 9.10. The van der Waals surface area contributed by atoms with E-state index in [1.807, 2.05) is 60.7 Å². The van der Waals surface area contributed by atoms with Gasteiger partial charge in [0, 0.05) is 36.6 Å². The molecule has 196 valence electrons. The first-order valence-electron chi connectivity index (χ1n) is 12.5. The molecule has 0 spiro atoms. The Bertz CT molecular complexity index is 1340. The van der Waals surface area contributed by atoms with E-state index < -0.39 is 0 Å². The van der Waals surface area contributed by atoms with Gasteiger partial charge in [-0.05, 0) is 60.7 Å². The molecule has 0 saturated carbocycles. The van der Waals surface area contributed by atoms with Crippen LogP contribution in [0.4, 0.5) is 22.7 Å². The van der Waals surface area contributed by atoms with E-state index >= 15 is 0 Å². The first-order chi connectivity index (χ1) is 19.2. The van der Waals surface area contributed by atoms with Crippen molar-refractivity contribution < 1.29 is 10.2 Å². The second kappa shape index (κ2) is 14.7. The molecule has 0 unspecified atom stereocenters. The number of rotatable bonds is 12. The number of benzene rings is 4. The van der Waals surface area contributed by atoms with Crippen molar-refractivity contribution in [2.24, 2.45) is 30.4 Å². The minimum atomic E-state index is 0.133. The molecule has 0 radical (unpaired) electrons. The molecular formula is C30H29N7O2. The number of hydrogen-bond acceptors (Lipinski definition) is 9. The molecule has 0 aliphatic heterocycles. The van der Waals surface area contributed by atoms with Gasteiger partial charge < -0.3 is 15.5 Å². The Labute approximate surface area is 227 Å². The summed E-state index contributed by atoms with van der Waals surface area (Å²) in [4.78, 5) is 8.75. The predicted octanol–water partition coefficient (Wildman–Crippen LogP) is 7.06. The molecule has 9 heteroatoms. The SMILES string of the molecule is Oc1ccc(N=Nc2ccccc2)cc1C=NCCNCCN=Cc1cc(N=Nc2ccccc2)ccc1O. The van der Waals surface area contributed by atoms with Crippen molar-refractivity contribution in [3.63, 3.8) is 0 Å². The summed E-state index contributed by atoms with van der Waals surface area (Å²) in [6.07, 6.45) is 3.25. The third-order valence-electron chi connectivity index (χ3n) is 5.39. The van der Waals surface area contributed by atoms with Crippen LogP contribution in [0.3, 0.4) is 0 Å². The van der Waals surface area contributed by atoms with Crippen LogP contribution in [0.2, 0.25) is 0 Å². The van der Waals surface area contributed by atoms with Crippen LogP contribution in [0.15, 0.2) is 128 Å². The Balaban J connectivity index is 1.19. The van der Waals surface area contributed by atoms with Crippen LogP contribution in [-0.2, 0) is 0 Å². The smallest absolute Gasteiger partial charge is 0.124 e. The summed E-state index contributed by atoms with van der Waals surface area (Å²) in [5, 5.41) is 40.3. The molecule has 0 aliphatic rings. The fourth-order valence-electron chi connectivity index (χ4n) is 3.37. The zero-order valence-corrected chi connectivity index (χ0v) is 21.3. The summed E-state index contributed by atoms with van der Waals surface area (Å²) < 4.78 is 0. The highest BCUT2D eigenvalue weighted by Crippen LogP contribution is 2.25. The fraction of sp³-hybridized carbons (Fsp3) is 0.133. The van der Waals surface area contributed by atoms with E-state index in [4.69, 9.17) is 0 Å². The number of phenols is 2. The second-order valence-electron chi connectivity index (χ2n) is 8.38. The molecule has 9 nitrogen and oxygen atoms in total. The van der Waals surface area contributed by atoms with E-state index in [0.29, 0.717) is 48.7 Å². The van der Waals surface area contributed by atoms with Crippen molar-refractivity contribution in [2.75, 3.05) is 26.2 Å². The molecule has 0 aromatic heterocycles. The number of aromatic hydroxyl groups is 2. The van der Waals surface area contributed by atoms with Gasteiger partial charge in [-0.25, -0.2) is 0 Å². The van der Waals surface area contributed by atoms with Crippen LogP contribution < -0.4 is 5.32 Å². The Morgan fingerprint density at radius 1 is 0.513 bits per heavy atom. The van der Waals surface area contributed by atoms with Gasteiger partial charge in [0.1, 0.15) is 11.5 Å². The largest absolute Gasteiger partial charge is 0.507 e. The third-order valence-corrected chi connectivity index (χ3v) is 5.39. The predicted molar refractivity (Wildman–Crippen MR) is 155 cm³/mol. The van der Waals surface area contributed by atoms with Gasteiger partial charge in [-0.3, -0.25) is 9.98 Å². The minimum absolute atomic E-state index is 0.133. The van der Waals surface area contributed by atoms with Crippen LogP contribution in [0.25, 0.3) is 0 Å². The molecule has 0 aliphatic carbocycles. The summed E-state index contributed by atoms with van der Waals surface area (Å²) in [5.74, 6) is 0.266. The van der Waals surface area contributed by atoms with Gasteiger partial charge in [-0.1, -0.05) is 36.4 Å². The fourth-order valence-corrected chi connectivity index (χ4v) is 3.37. The van der Waals surface area contributed by atoms with E-state index in [1.54, 1.807) is 48.8 Å². The van der Waals surface area contributed by atoms with Crippen LogP contribution in [0.1, 0.15) is 11.1 Å². The molecule has 0 bridgehead atoms. The van der Waals surface area contributed by atoms with E-state index in [-0.39, 0.29) is 11.5 Å². The molecule has 0 atom stereocenters. The molecule has 0 heterocycles. The van der Waals surface area contributed by atoms with Gasteiger partial charge in [-0.15, -0.1) is 0 Å². The molecular weight excluding hydrogens is 490 g/mol. The van der Waals surface area contributed by atoms with Gasteiger partial charge in [0.2, 0.25) is 0 Å². The second-order valence-corrected chi connectivity index (χ2v) is 8.38. The standard InChI is InChI=1S/C30H29N7O2/c38-29-13-11-27(36-34-25-7-3-1-4-8-25)19-23(29)21-32-17-15-31-16-18-33-22-24-20-28(12-14-30(24)39)37-35-26-9-5-2-6-10-26/h1-14,19-22,31,38-39H,15-18H2. The van der Waals surface area contributed by atoms with Crippen molar-refractivity contribution in [2.45, 2.75) is 0 Å². The Kier molecular flexibility index (Phi) is 10.2. The van der Waals surface area contributed by atoms with Crippen molar-refractivity contribution in [1.29, 1.82) is 0 Å². The summed E-state index contributed by atoms with van der Waals surface area (Å²) in [5.41, 5.74) is 3.93. The number of nitrogens with one attached hydrogen (secondary N) is 1. The summed E-state index contributed by atoms with van der Waals surface area (Å²) in [7, 11) is 0. The maximum absolute atomic E-state index is 10.1. The molecule has 3 N–H and O–H groups in total. The quantitative estimate of drug-likeness (QED) is 0.105. The van der Waals surface area contributed by atoms with Gasteiger partial charge >= 0.3 is 0 Å². The van der Waals surface area contributed by atoms with Crippen molar-refractivity contribution in [3.8, 4) is 11.5 Å². The maximum Gasteiger partial charge on any atom is 0.124 e. The van der Waals surface area contributed by atoms with Crippen molar-refractivity contribution in [3.05, 3.63) is 108 Å². The monoisotopic (exact) mass is 519 g/mol.